The smallest absolute Gasteiger partial charge is 0.147 e. The molecular weight excluding hydrogens is 226 g/mol. The predicted octanol–water partition coefficient (Wildman–Crippen LogP) is 3.22. The monoisotopic (exact) mass is 234 g/mol. The zero-order valence-corrected chi connectivity index (χ0v) is 8.91. The molecular formula is C10H9Cl2FO. The summed E-state index contributed by atoms with van der Waals surface area (Å²) in [6.45, 7) is 0. The molecule has 0 fully saturated rings. The van der Waals surface area contributed by atoms with Crippen molar-refractivity contribution >= 4 is 29.0 Å². The normalized spacial score (nSPS) is 10.2. The highest BCUT2D eigenvalue weighted by atomic mass is 35.5. The quantitative estimate of drug-likeness (QED) is 0.732. The molecule has 1 aromatic carbocycles. The van der Waals surface area contributed by atoms with Gasteiger partial charge in [0.05, 0.1) is 10.9 Å². The van der Waals surface area contributed by atoms with Gasteiger partial charge in [-0.15, -0.1) is 11.6 Å². The zero-order valence-electron chi connectivity index (χ0n) is 7.40. The van der Waals surface area contributed by atoms with Crippen molar-refractivity contribution in [1.29, 1.82) is 0 Å². The Morgan fingerprint density at radius 3 is 2.71 bits per heavy atom. The van der Waals surface area contributed by atoms with Gasteiger partial charge >= 0.3 is 0 Å². The number of carbonyl (C=O) groups excluding carboxylic acids is 1. The molecule has 76 valence electrons. The molecule has 0 radical (unpaired) electrons. The lowest BCUT2D eigenvalue weighted by molar-refractivity contribution is -0.116. The average Bonchev–Trinajstić information content (AvgIpc) is 2.19. The molecule has 0 aliphatic carbocycles. The minimum absolute atomic E-state index is 0.00999. The molecule has 1 nitrogen and oxygen atoms in total. The minimum Gasteiger partial charge on any atom is -0.298 e. The Hall–Kier alpha value is -0.600. The highest BCUT2D eigenvalue weighted by Gasteiger charge is 2.03. The van der Waals surface area contributed by atoms with E-state index in [9.17, 15) is 9.18 Å². The van der Waals surface area contributed by atoms with Crippen LogP contribution in [0.1, 0.15) is 12.0 Å². The first-order valence-electron chi connectivity index (χ1n) is 4.15. The van der Waals surface area contributed by atoms with E-state index in [0.29, 0.717) is 12.8 Å². The second-order valence-corrected chi connectivity index (χ2v) is 3.60. The van der Waals surface area contributed by atoms with Crippen molar-refractivity contribution in [3.63, 3.8) is 0 Å². The second-order valence-electron chi connectivity index (χ2n) is 2.92. The third kappa shape index (κ3) is 3.28. The second kappa shape index (κ2) is 5.32. The Kier molecular flexibility index (Phi) is 4.36. The third-order valence-electron chi connectivity index (χ3n) is 1.83. The van der Waals surface area contributed by atoms with Gasteiger partial charge in [-0.2, -0.15) is 0 Å². The molecule has 0 saturated heterocycles. The Morgan fingerprint density at radius 2 is 2.14 bits per heavy atom. The first kappa shape index (κ1) is 11.5. The maximum absolute atomic E-state index is 12.9. The van der Waals surface area contributed by atoms with Gasteiger partial charge < -0.3 is 0 Å². The maximum atomic E-state index is 12.9. The standard InChI is InChI=1S/C10H9Cl2FO/c11-6-8(14)3-1-7-2-4-9(12)10(13)5-7/h2,4-5H,1,3,6H2. The number of halogens is 3. The van der Waals surface area contributed by atoms with Crippen LogP contribution in [0.4, 0.5) is 4.39 Å². The number of aryl methyl sites for hydroxylation is 1. The van der Waals surface area contributed by atoms with Crippen molar-refractivity contribution in [2.75, 3.05) is 5.88 Å². The number of ketones is 1. The molecule has 14 heavy (non-hydrogen) atoms. The van der Waals surface area contributed by atoms with Gasteiger partial charge in [0.25, 0.3) is 0 Å². The van der Waals surface area contributed by atoms with E-state index in [4.69, 9.17) is 23.2 Å². The Morgan fingerprint density at radius 1 is 1.43 bits per heavy atom. The van der Waals surface area contributed by atoms with Gasteiger partial charge in [0.2, 0.25) is 0 Å². The zero-order chi connectivity index (χ0) is 10.6. The molecule has 4 heteroatoms. The Bertz CT molecular complexity index is 339. The number of alkyl halides is 1. The van der Waals surface area contributed by atoms with Crippen molar-refractivity contribution in [2.24, 2.45) is 0 Å². The number of hydrogen-bond donors (Lipinski definition) is 0. The van der Waals surface area contributed by atoms with Gasteiger partial charge in [0.1, 0.15) is 11.6 Å². The van der Waals surface area contributed by atoms with Crippen molar-refractivity contribution in [3.8, 4) is 0 Å². The largest absolute Gasteiger partial charge is 0.298 e. The van der Waals surface area contributed by atoms with Crippen molar-refractivity contribution < 1.29 is 9.18 Å². The summed E-state index contributed by atoms with van der Waals surface area (Å²) >= 11 is 10.8. The first-order chi connectivity index (χ1) is 6.63. The first-order valence-corrected chi connectivity index (χ1v) is 5.06. The van der Waals surface area contributed by atoms with Gasteiger partial charge in [-0.25, -0.2) is 4.39 Å². The number of hydrogen-bond acceptors (Lipinski definition) is 1. The van der Waals surface area contributed by atoms with Crippen LogP contribution in [0.3, 0.4) is 0 Å². The number of Topliss-reactive ketones (excluding diaryl/α,β-unsaturated/α-hetero) is 1. The summed E-state index contributed by atoms with van der Waals surface area (Å²) < 4.78 is 12.9. The van der Waals surface area contributed by atoms with Crippen molar-refractivity contribution in [2.45, 2.75) is 12.8 Å². The number of carbonyl (C=O) groups is 1. The molecule has 0 aromatic heterocycles. The van der Waals surface area contributed by atoms with E-state index in [1.165, 1.54) is 12.1 Å². The van der Waals surface area contributed by atoms with Crippen molar-refractivity contribution in [1.82, 2.24) is 0 Å². The maximum Gasteiger partial charge on any atom is 0.147 e. The molecule has 0 N–H and O–H groups in total. The van der Waals surface area contributed by atoms with Crippen LogP contribution in [0, 0.1) is 5.82 Å². The topological polar surface area (TPSA) is 17.1 Å². The molecule has 1 rings (SSSR count). The number of benzene rings is 1. The fourth-order valence-electron chi connectivity index (χ4n) is 1.05. The summed E-state index contributed by atoms with van der Waals surface area (Å²) in [4.78, 5) is 10.9. The lowest BCUT2D eigenvalue weighted by Crippen LogP contribution is -2.01. The molecule has 0 aliphatic rings. The molecule has 0 aliphatic heterocycles. The predicted molar refractivity (Wildman–Crippen MR) is 55.5 cm³/mol. The van der Waals surface area contributed by atoms with Gasteiger partial charge in [-0.1, -0.05) is 17.7 Å². The average molecular weight is 235 g/mol. The number of rotatable bonds is 4. The summed E-state index contributed by atoms with van der Waals surface area (Å²) in [6.07, 6.45) is 0.838. The summed E-state index contributed by atoms with van der Waals surface area (Å²) in [5, 5.41) is 0.0948. The molecule has 1 aromatic rings. The highest BCUT2D eigenvalue weighted by molar-refractivity contribution is 6.30. The van der Waals surface area contributed by atoms with Crippen LogP contribution in [0.15, 0.2) is 18.2 Å². The van der Waals surface area contributed by atoms with Crippen molar-refractivity contribution in [3.05, 3.63) is 34.6 Å². The lowest BCUT2D eigenvalue weighted by atomic mass is 10.1. The minimum atomic E-state index is -0.456. The fourth-order valence-corrected chi connectivity index (χ4v) is 1.30. The molecule has 0 atom stereocenters. The third-order valence-corrected chi connectivity index (χ3v) is 2.43. The molecule has 0 amide bonds. The van der Waals surface area contributed by atoms with Crippen LogP contribution in [0.25, 0.3) is 0 Å². The lowest BCUT2D eigenvalue weighted by Gasteiger charge is -2.00. The van der Waals surface area contributed by atoms with Crippen LogP contribution in [-0.2, 0) is 11.2 Å². The van der Waals surface area contributed by atoms with Crippen LogP contribution < -0.4 is 0 Å². The molecule has 0 saturated carbocycles. The van der Waals surface area contributed by atoms with Crippen LogP contribution >= 0.6 is 23.2 Å². The molecule has 0 heterocycles. The van der Waals surface area contributed by atoms with Crippen LogP contribution in [-0.4, -0.2) is 11.7 Å². The van der Waals surface area contributed by atoms with Crippen LogP contribution in [0.2, 0.25) is 5.02 Å². The Labute approximate surface area is 91.8 Å². The van der Waals surface area contributed by atoms with Gasteiger partial charge in [-0.3, -0.25) is 4.79 Å². The highest BCUT2D eigenvalue weighted by Crippen LogP contribution is 2.16. The van der Waals surface area contributed by atoms with Gasteiger partial charge in [0, 0.05) is 6.42 Å². The van der Waals surface area contributed by atoms with Crippen LogP contribution in [0.5, 0.6) is 0 Å². The van der Waals surface area contributed by atoms with Gasteiger partial charge in [0.15, 0.2) is 0 Å². The summed E-state index contributed by atoms with van der Waals surface area (Å²) in [6, 6.07) is 4.52. The van der Waals surface area contributed by atoms with Gasteiger partial charge in [-0.05, 0) is 24.1 Å². The molecule has 0 spiro atoms. The summed E-state index contributed by atoms with van der Waals surface area (Å²) in [5.74, 6) is -0.486. The van der Waals surface area contributed by atoms with E-state index >= 15 is 0 Å². The SMILES string of the molecule is O=C(CCl)CCc1ccc(Cl)c(F)c1. The molecule has 0 bridgehead atoms. The fraction of sp³-hybridized carbons (Fsp3) is 0.300. The van der Waals surface area contributed by atoms with E-state index in [1.54, 1.807) is 6.07 Å². The summed E-state index contributed by atoms with van der Waals surface area (Å²) in [7, 11) is 0. The van der Waals surface area contributed by atoms with E-state index in [1.807, 2.05) is 0 Å². The Balaban J connectivity index is 2.60. The molecule has 0 unspecified atom stereocenters. The van der Waals surface area contributed by atoms with E-state index in [0.717, 1.165) is 5.56 Å². The van der Waals surface area contributed by atoms with E-state index in [-0.39, 0.29) is 16.7 Å². The van der Waals surface area contributed by atoms with E-state index in [2.05, 4.69) is 0 Å². The summed E-state index contributed by atoms with van der Waals surface area (Å²) in [5.41, 5.74) is 0.755. The van der Waals surface area contributed by atoms with E-state index < -0.39 is 5.82 Å².